The van der Waals surface area contributed by atoms with E-state index in [0.717, 1.165) is 30.5 Å². The van der Waals surface area contributed by atoms with Crippen LogP contribution < -0.4 is 10.0 Å². The molecule has 7 nitrogen and oxygen atoms in total. The van der Waals surface area contributed by atoms with Crippen molar-refractivity contribution in [1.82, 2.24) is 19.9 Å². The molecule has 1 aromatic rings. The molecule has 0 aliphatic heterocycles. The fourth-order valence-corrected chi connectivity index (χ4v) is 2.07. The molecule has 0 aliphatic carbocycles. The van der Waals surface area contributed by atoms with Crippen LogP contribution in [0.5, 0.6) is 0 Å². The number of nitrogens with zero attached hydrogens (tertiary/aromatic N) is 3. The van der Waals surface area contributed by atoms with Gasteiger partial charge in [-0.15, -0.1) is 5.10 Å². The first-order valence-electron chi connectivity index (χ1n) is 6.37. The number of hydrogen-bond acceptors (Lipinski definition) is 6. The van der Waals surface area contributed by atoms with Gasteiger partial charge in [-0.1, -0.05) is 13.8 Å². The van der Waals surface area contributed by atoms with Crippen LogP contribution >= 0.6 is 0 Å². The maximum Gasteiger partial charge on any atom is 0.242 e. The number of nitrogens with one attached hydrogen (secondary N) is 2. The first-order chi connectivity index (χ1) is 8.96. The minimum absolute atomic E-state index is 0.396. The SMILES string of the molecule is CCc1nnc(NCCCNS(C)(=O)=O)nc1CC. The average molecular weight is 287 g/mol. The minimum Gasteiger partial charge on any atom is -0.353 e. The van der Waals surface area contributed by atoms with Gasteiger partial charge in [0.25, 0.3) is 0 Å². The van der Waals surface area contributed by atoms with E-state index in [4.69, 9.17) is 0 Å². The topological polar surface area (TPSA) is 96.9 Å². The summed E-state index contributed by atoms with van der Waals surface area (Å²) in [6.07, 6.45) is 3.45. The Hall–Kier alpha value is -1.28. The fourth-order valence-electron chi connectivity index (χ4n) is 1.56. The third-order valence-electron chi connectivity index (χ3n) is 2.51. The molecule has 0 radical (unpaired) electrons. The van der Waals surface area contributed by atoms with Crippen molar-refractivity contribution in [2.75, 3.05) is 24.7 Å². The van der Waals surface area contributed by atoms with Gasteiger partial charge in [-0.25, -0.2) is 18.1 Å². The quantitative estimate of drug-likeness (QED) is 0.670. The second-order valence-electron chi connectivity index (χ2n) is 4.18. The summed E-state index contributed by atoms with van der Waals surface area (Å²) < 4.78 is 24.1. The second-order valence-corrected chi connectivity index (χ2v) is 6.02. The van der Waals surface area contributed by atoms with Gasteiger partial charge < -0.3 is 5.32 Å². The van der Waals surface area contributed by atoms with E-state index < -0.39 is 10.0 Å². The summed E-state index contributed by atoms with van der Waals surface area (Å²) in [5.41, 5.74) is 1.88. The summed E-state index contributed by atoms with van der Waals surface area (Å²) in [4.78, 5) is 4.39. The monoisotopic (exact) mass is 287 g/mol. The Morgan fingerprint density at radius 2 is 1.74 bits per heavy atom. The molecule has 0 bridgehead atoms. The zero-order valence-electron chi connectivity index (χ0n) is 11.6. The van der Waals surface area contributed by atoms with E-state index in [0.29, 0.717) is 25.5 Å². The average Bonchev–Trinajstić information content (AvgIpc) is 2.36. The molecule has 1 aromatic heterocycles. The van der Waals surface area contributed by atoms with Gasteiger partial charge in [0.05, 0.1) is 17.6 Å². The van der Waals surface area contributed by atoms with E-state index in [9.17, 15) is 8.42 Å². The summed E-state index contributed by atoms with van der Waals surface area (Å²) in [5, 5.41) is 11.2. The van der Waals surface area contributed by atoms with Gasteiger partial charge in [-0.05, 0) is 19.3 Å². The Morgan fingerprint density at radius 3 is 2.32 bits per heavy atom. The largest absolute Gasteiger partial charge is 0.353 e. The van der Waals surface area contributed by atoms with Crippen LogP contribution in [0.4, 0.5) is 5.95 Å². The fraction of sp³-hybridized carbons (Fsp3) is 0.727. The van der Waals surface area contributed by atoms with Crippen LogP contribution in [0, 0.1) is 0 Å². The number of rotatable bonds is 8. The molecule has 0 amide bonds. The van der Waals surface area contributed by atoms with Crippen molar-refractivity contribution in [3.8, 4) is 0 Å². The lowest BCUT2D eigenvalue weighted by molar-refractivity contribution is 0.586. The first-order valence-corrected chi connectivity index (χ1v) is 8.26. The normalized spacial score (nSPS) is 11.5. The highest BCUT2D eigenvalue weighted by atomic mass is 32.2. The van der Waals surface area contributed by atoms with Gasteiger partial charge >= 0.3 is 0 Å². The van der Waals surface area contributed by atoms with Crippen LogP contribution in [0.15, 0.2) is 0 Å². The Kier molecular flexibility index (Phi) is 6.10. The molecule has 0 saturated carbocycles. The molecule has 0 fully saturated rings. The van der Waals surface area contributed by atoms with E-state index in [2.05, 4.69) is 25.2 Å². The van der Waals surface area contributed by atoms with Crippen LogP contribution in [-0.4, -0.2) is 42.9 Å². The van der Waals surface area contributed by atoms with E-state index in [1.807, 2.05) is 13.8 Å². The van der Waals surface area contributed by atoms with Crippen molar-refractivity contribution in [3.05, 3.63) is 11.4 Å². The third-order valence-corrected chi connectivity index (χ3v) is 3.24. The number of hydrogen-bond donors (Lipinski definition) is 2. The predicted octanol–water partition coefficient (Wildman–Crippen LogP) is 0.348. The van der Waals surface area contributed by atoms with Crippen LogP contribution in [0.3, 0.4) is 0 Å². The number of aromatic nitrogens is 3. The molecule has 0 spiro atoms. The Morgan fingerprint density at radius 1 is 1.05 bits per heavy atom. The van der Waals surface area contributed by atoms with E-state index in [-0.39, 0.29) is 0 Å². The Bertz CT molecular complexity index is 504. The third kappa shape index (κ3) is 5.93. The molecule has 0 saturated heterocycles. The zero-order valence-corrected chi connectivity index (χ0v) is 12.4. The number of aryl methyl sites for hydroxylation is 2. The van der Waals surface area contributed by atoms with Gasteiger partial charge in [0.15, 0.2) is 0 Å². The molecule has 1 rings (SSSR count). The molecule has 2 N–H and O–H groups in total. The summed E-state index contributed by atoms with van der Waals surface area (Å²) in [6.45, 7) is 5.05. The lowest BCUT2D eigenvalue weighted by atomic mass is 10.2. The number of anilines is 1. The van der Waals surface area contributed by atoms with E-state index >= 15 is 0 Å². The van der Waals surface area contributed by atoms with Gasteiger partial charge in [-0.3, -0.25) is 0 Å². The van der Waals surface area contributed by atoms with Crippen LogP contribution in [-0.2, 0) is 22.9 Å². The van der Waals surface area contributed by atoms with Crippen LogP contribution in [0.1, 0.15) is 31.7 Å². The van der Waals surface area contributed by atoms with Crippen molar-refractivity contribution in [3.63, 3.8) is 0 Å². The summed E-state index contributed by atoms with van der Waals surface area (Å²) in [7, 11) is -3.11. The molecular formula is C11H21N5O2S. The minimum atomic E-state index is -3.11. The Labute approximate surface area is 114 Å². The molecule has 1 heterocycles. The lowest BCUT2D eigenvalue weighted by Gasteiger charge is -2.07. The van der Waals surface area contributed by atoms with Gasteiger partial charge in [0, 0.05) is 13.1 Å². The molecule has 0 unspecified atom stereocenters. The van der Waals surface area contributed by atoms with Crippen molar-refractivity contribution in [2.24, 2.45) is 0 Å². The molecule has 0 aromatic carbocycles. The highest BCUT2D eigenvalue weighted by molar-refractivity contribution is 7.88. The van der Waals surface area contributed by atoms with Crippen LogP contribution in [0.25, 0.3) is 0 Å². The van der Waals surface area contributed by atoms with Crippen molar-refractivity contribution in [1.29, 1.82) is 0 Å². The second kappa shape index (κ2) is 7.34. The molecule has 0 aliphatic rings. The van der Waals surface area contributed by atoms with Crippen molar-refractivity contribution >= 4 is 16.0 Å². The molecule has 108 valence electrons. The number of sulfonamides is 1. The van der Waals surface area contributed by atoms with Crippen LogP contribution in [0.2, 0.25) is 0 Å². The maximum atomic E-state index is 10.9. The van der Waals surface area contributed by atoms with Gasteiger partial charge in [0.2, 0.25) is 16.0 Å². The molecule has 19 heavy (non-hydrogen) atoms. The standard InChI is InChI=1S/C11H21N5O2S/c1-4-9-10(5-2)15-16-11(14-9)12-7-6-8-13-19(3,17)18/h13H,4-8H2,1-3H3,(H,12,14,16). The summed E-state index contributed by atoms with van der Waals surface area (Å²) in [5.74, 6) is 0.494. The maximum absolute atomic E-state index is 10.9. The van der Waals surface area contributed by atoms with Gasteiger partial charge in [-0.2, -0.15) is 5.10 Å². The highest BCUT2D eigenvalue weighted by Crippen LogP contribution is 2.06. The first kappa shape index (κ1) is 15.8. The molecule has 8 heteroatoms. The Balaban J connectivity index is 2.41. The van der Waals surface area contributed by atoms with Crippen molar-refractivity contribution < 1.29 is 8.42 Å². The zero-order chi connectivity index (χ0) is 14.3. The lowest BCUT2D eigenvalue weighted by Crippen LogP contribution is -2.24. The highest BCUT2D eigenvalue weighted by Gasteiger charge is 2.05. The predicted molar refractivity (Wildman–Crippen MR) is 74.5 cm³/mol. The van der Waals surface area contributed by atoms with E-state index in [1.54, 1.807) is 0 Å². The van der Waals surface area contributed by atoms with E-state index in [1.165, 1.54) is 0 Å². The van der Waals surface area contributed by atoms with Crippen molar-refractivity contribution in [2.45, 2.75) is 33.1 Å². The summed E-state index contributed by atoms with van der Waals surface area (Å²) in [6, 6.07) is 0. The molecule has 0 atom stereocenters. The smallest absolute Gasteiger partial charge is 0.242 e. The summed E-state index contributed by atoms with van der Waals surface area (Å²) >= 11 is 0. The van der Waals surface area contributed by atoms with Gasteiger partial charge in [0.1, 0.15) is 0 Å². The molecular weight excluding hydrogens is 266 g/mol.